The summed E-state index contributed by atoms with van der Waals surface area (Å²) < 4.78 is 0. The molecule has 0 aromatic carbocycles. The van der Waals surface area contributed by atoms with Crippen LogP contribution in [0.25, 0.3) is 0 Å². The minimum absolute atomic E-state index is 0.0105. The van der Waals surface area contributed by atoms with E-state index < -0.39 is 0 Å². The van der Waals surface area contributed by atoms with Crippen LogP contribution in [0.5, 0.6) is 0 Å². The number of pyridine rings is 1. The van der Waals surface area contributed by atoms with Crippen molar-refractivity contribution in [1.82, 2.24) is 10.3 Å². The van der Waals surface area contributed by atoms with Crippen LogP contribution in [0.3, 0.4) is 0 Å². The summed E-state index contributed by atoms with van der Waals surface area (Å²) in [5, 5.41) is 2.92. The van der Waals surface area contributed by atoms with Gasteiger partial charge in [-0.15, -0.1) is 0 Å². The van der Waals surface area contributed by atoms with Gasteiger partial charge in [-0.05, 0) is 31.9 Å². The molecule has 0 aliphatic heterocycles. The van der Waals surface area contributed by atoms with Gasteiger partial charge in [-0.2, -0.15) is 0 Å². The van der Waals surface area contributed by atoms with E-state index in [1.54, 1.807) is 18.3 Å². The lowest BCUT2D eigenvalue weighted by Gasteiger charge is -2.10. The first-order chi connectivity index (χ1) is 6.59. The van der Waals surface area contributed by atoms with Gasteiger partial charge in [0.05, 0.1) is 0 Å². The number of amides is 1. The molecule has 1 aromatic heterocycles. The Hall–Kier alpha value is -1.58. The summed E-state index contributed by atoms with van der Waals surface area (Å²) in [7, 11) is 0. The molecule has 0 radical (unpaired) electrons. The SMILES string of the molecule is CC1(NC(=O)c2cc(N)ccn2)CC1. The second-order valence-corrected chi connectivity index (χ2v) is 3.99. The van der Waals surface area contributed by atoms with Gasteiger partial charge >= 0.3 is 0 Å². The zero-order valence-electron chi connectivity index (χ0n) is 8.08. The molecule has 14 heavy (non-hydrogen) atoms. The van der Waals surface area contributed by atoms with Crippen LogP contribution in [0, 0.1) is 0 Å². The molecule has 0 saturated heterocycles. The number of hydrogen-bond acceptors (Lipinski definition) is 3. The predicted octanol–water partition coefficient (Wildman–Crippen LogP) is 0.946. The highest BCUT2D eigenvalue weighted by atomic mass is 16.2. The number of anilines is 1. The number of nitrogens with one attached hydrogen (secondary N) is 1. The van der Waals surface area contributed by atoms with Gasteiger partial charge < -0.3 is 11.1 Å². The molecule has 1 aliphatic rings. The number of carbonyl (C=O) groups excluding carboxylic acids is 1. The smallest absolute Gasteiger partial charge is 0.270 e. The van der Waals surface area contributed by atoms with E-state index in [1.807, 2.05) is 6.92 Å². The Labute approximate surface area is 82.5 Å². The highest BCUT2D eigenvalue weighted by Gasteiger charge is 2.38. The highest BCUT2D eigenvalue weighted by Crippen LogP contribution is 2.34. The van der Waals surface area contributed by atoms with E-state index >= 15 is 0 Å². The summed E-state index contributed by atoms with van der Waals surface area (Å²) in [4.78, 5) is 15.6. The molecule has 1 fully saturated rings. The molecule has 1 saturated carbocycles. The van der Waals surface area contributed by atoms with Gasteiger partial charge in [-0.25, -0.2) is 0 Å². The molecular formula is C10H13N3O. The minimum atomic E-state index is -0.141. The molecule has 4 heteroatoms. The van der Waals surface area contributed by atoms with Gasteiger partial charge in [0.15, 0.2) is 0 Å². The number of hydrogen-bond donors (Lipinski definition) is 2. The highest BCUT2D eigenvalue weighted by molar-refractivity contribution is 5.93. The van der Waals surface area contributed by atoms with Crippen LogP contribution in [0.15, 0.2) is 18.3 Å². The largest absolute Gasteiger partial charge is 0.399 e. The maximum absolute atomic E-state index is 11.6. The Morgan fingerprint density at radius 1 is 1.64 bits per heavy atom. The summed E-state index contributed by atoms with van der Waals surface area (Å²) in [5.41, 5.74) is 6.49. The first-order valence-corrected chi connectivity index (χ1v) is 4.63. The summed E-state index contributed by atoms with van der Waals surface area (Å²) in [5.74, 6) is -0.141. The molecule has 0 unspecified atom stereocenters. The van der Waals surface area contributed by atoms with Crippen molar-refractivity contribution in [3.8, 4) is 0 Å². The van der Waals surface area contributed by atoms with Gasteiger partial charge in [-0.3, -0.25) is 9.78 Å². The second-order valence-electron chi connectivity index (χ2n) is 3.99. The van der Waals surface area contributed by atoms with Crippen molar-refractivity contribution < 1.29 is 4.79 Å². The van der Waals surface area contributed by atoms with Crippen LogP contribution >= 0.6 is 0 Å². The lowest BCUT2D eigenvalue weighted by Crippen LogP contribution is -2.34. The van der Waals surface area contributed by atoms with E-state index in [0.29, 0.717) is 11.4 Å². The molecule has 0 spiro atoms. The number of carbonyl (C=O) groups is 1. The molecule has 1 aromatic rings. The lowest BCUT2D eigenvalue weighted by molar-refractivity contribution is 0.0930. The van der Waals surface area contributed by atoms with E-state index in [2.05, 4.69) is 10.3 Å². The van der Waals surface area contributed by atoms with Crippen molar-refractivity contribution in [2.45, 2.75) is 25.3 Å². The maximum atomic E-state index is 11.6. The van der Waals surface area contributed by atoms with E-state index in [-0.39, 0.29) is 11.4 Å². The van der Waals surface area contributed by atoms with Crippen LogP contribution in [0.4, 0.5) is 5.69 Å². The number of nitrogens with zero attached hydrogens (tertiary/aromatic N) is 1. The second kappa shape index (κ2) is 2.97. The van der Waals surface area contributed by atoms with Gasteiger partial charge in [-0.1, -0.05) is 0 Å². The summed E-state index contributed by atoms with van der Waals surface area (Å²) in [6.07, 6.45) is 3.63. The average Bonchev–Trinajstić information content (AvgIpc) is 2.83. The van der Waals surface area contributed by atoms with Crippen molar-refractivity contribution in [2.24, 2.45) is 0 Å². The molecular weight excluding hydrogens is 178 g/mol. The van der Waals surface area contributed by atoms with E-state index in [4.69, 9.17) is 5.73 Å². The zero-order valence-corrected chi connectivity index (χ0v) is 8.08. The van der Waals surface area contributed by atoms with Crippen molar-refractivity contribution in [2.75, 3.05) is 5.73 Å². The van der Waals surface area contributed by atoms with Crippen molar-refractivity contribution >= 4 is 11.6 Å². The molecule has 2 rings (SSSR count). The monoisotopic (exact) mass is 191 g/mol. The van der Waals surface area contributed by atoms with Crippen LogP contribution in [-0.4, -0.2) is 16.4 Å². The Morgan fingerprint density at radius 3 is 2.93 bits per heavy atom. The van der Waals surface area contributed by atoms with Crippen molar-refractivity contribution in [3.05, 3.63) is 24.0 Å². The number of aromatic nitrogens is 1. The fourth-order valence-corrected chi connectivity index (χ4v) is 1.22. The summed E-state index contributed by atoms with van der Waals surface area (Å²) in [6.45, 7) is 2.02. The standard InChI is InChI=1S/C10H13N3O/c1-10(3-4-10)13-9(14)8-6-7(11)2-5-12-8/h2,5-6H,3-4H2,1H3,(H2,11,12)(H,13,14). The Kier molecular flexibility index (Phi) is 1.91. The first kappa shape index (κ1) is 8.99. The Morgan fingerprint density at radius 2 is 2.36 bits per heavy atom. The predicted molar refractivity (Wildman–Crippen MR) is 53.8 cm³/mol. The zero-order chi connectivity index (χ0) is 10.2. The molecule has 74 valence electrons. The number of nitrogens with two attached hydrogens (primary N) is 1. The van der Waals surface area contributed by atoms with Crippen LogP contribution < -0.4 is 11.1 Å². The third-order valence-corrected chi connectivity index (χ3v) is 2.43. The number of rotatable bonds is 2. The van der Waals surface area contributed by atoms with Crippen molar-refractivity contribution in [1.29, 1.82) is 0 Å². The van der Waals surface area contributed by atoms with Crippen molar-refractivity contribution in [3.63, 3.8) is 0 Å². The fraction of sp³-hybridized carbons (Fsp3) is 0.400. The van der Waals surface area contributed by atoms with Gasteiger partial charge in [0.1, 0.15) is 5.69 Å². The molecule has 4 nitrogen and oxygen atoms in total. The van der Waals surface area contributed by atoms with Crippen LogP contribution in [0.1, 0.15) is 30.3 Å². The first-order valence-electron chi connectivity index (χ1n) is 4.63. The Balaban J connectivity index is 2.11. The minimum Gasteiger partial charge on any atom is -0.399 e. The third kappa shape index (κ3) is 1.84. The number of nitrogen functional groups attached to an aromatic ring is 1. The van der Waals surface area contributed by atoms with Crippen LogP contribution in [-0.2, 0) is 0 Å². The fourth-order valence-electron chi connectivity index (χ4n) is 1.22. The Bertz CT molecular complexity index is 371. The maximum Gasteiger partial charge on any atom is 0.270 e. The normalized spacial score (nSPS) is 17.5. The quantitative estimate of drug-likeness (QED) is 0.731. The van der Waals surface area contributed by atoms with E-state index in [1.165, 1.54) is 0 Å². The average molecular weight is 191 g/mol. The summed E-state index contributed by atoms with van der Waals surface area (Å²) in [6, 6.07) is 3.25. The lowest BCUT2D eigenvalue weighted by atomic mass is 10.2. The van der Waals surface area contributed by atoms with E-state index in [9.17, 15) is 4.79 Å². The van der Waals surface area contributed by atoms with Gasteiger partial charge in [0, 0.05) is 17.4 Å². The molecule has 3 N–H and O–H groups in total. The molecule has 0 atom stereocenters. The molecule has 1 aliphatic carbocycles. The van der Waals surface area contributed by atoms with Crippen LogP contribution in [0.2, 0.25) is 0 Å². The van der Waals surface area contributed by atoms with Gasteiger partial charge in [0.25, 0.3) is 5.91 Å². The van der Waals surface area contributed by atoms with Gasteiger partial charge in [0.2, 0.25) is 0 Å². The summed E-state index contributed by atoms with van der Waals surface area (Å²) >= 11 is 0. The third-order valence-electron chi connectivity index (χ3n) is 2.43. The molecule has 0 bridgehead atoms. The van der Waals surface area contributed by atoms with E-state index in [0.717, 1.165) is 12.8 Å². The topological polar surface area (TPSA) is 68.0 Å². The molecule has 1 heterocycles. The molecule has 1 amide bonds.